The van der Waals surface area contributed by atoms with E-state index in [9.17, 15) is 4.79 Å². The number of hydrogen-bond acceptors (Lipinski definition) is 2. The van der Waals surface area contributed by atoms with E-state index in [0.717, 1.165) is 15.2 Å². The second-order valence-electron chi connectivity index (χ2n) is 4.77. The number of thiophene rings is 1. The quantitative estimate of drug-likeness (QED) is 0.807. The molecule has 2 nitrogen and oxygen atoms in total. The van der Waals surface area contributed by atoms with E-state index in [1.54, 1.807) is 0 Å². The Labute approximate surface area is 125 Å². The third-order valence-electron chi connectivity index (χ3n) is 3.59. The first-order valence-electron chi connectivity index (χ1n) is 6.30. The van der Waals surface area contributed by atoms with Gasteiger partial charge in [-0.2, -0.15) is 0 Å². The maximum Gasteiger partial charge on any atom is 0.261 e. The van der Waals surface area contributed by atoms with Gasteiger partial charge >= 0.3 is 0 Å². The smallest absolute Gasteiger partial charge is 0.261 e. The van der Waals surface area contributed by atoms with E-state index in [-0.39, 0.29) is 5.91 Å². The summed E-state index contributed by atoms with van der Waals surface area (Å²) in [7, 11) is 0. The van der Waals surface area contributed by atoms with Crippen molar-refractivity contribution in [2.75, 3.05) is 12.4 Å². The Bertz CT molecular complexity index is 409. The summed E-state index contributed by atoms with van der Waals surface area (Å²) in [6.45, 7) is 0.756. The van der Waals surface area contributed by atoms with Crippen molar-refractivity contribution in [1.29, 1.82) is 0 Å². The maximum atomic E-state index is 11.9. The number of amides is 1. The van der Waals surface area contributed by atoms with Crippen molar-refractivity contribution in [3.63, 3.8) is 0 Å². The molecule has 1 aromatic heterocycles. The van der Waals surface area contributed by atoms with Crippen molar-refractivity contribution >= 4 is 44.8 Å². The lowest BCUT2D eigenvalue weighted by molar-refractivity contribution is 0.0941. The topological polar surface area (TPSA) is 29.1 Å². The van der Waals surface area contributed by atoms with Gasteiger partial charge in [-0.1, -0.05) is 12.8 Å². The van der Waals surface area contributed by atoms with Gasteiger partial charge in [0.05, 0.1) is 8.66 Å². The first-order chi connectivity index (χ1) is 8.70. The number of carbonyl (C=O) groups is 1. The van der Waals surface area contributed by atoms with Crippen molar-refractivity contribution in [2.24, 2.45) is 11.8 Å². The van der Waals surface area contributed by atoms with Crippen LogP contribution in [0.5, 0.6) is 0 Å². The molecule has 1 saturated carbocycles. The summed E-state index contributed by atoms with van der Waals surface area (Å²) in [5, 5.41) is 3.04. The van der Waals surface area contributed by atoms with Crippen LogP contribution < -0.4 is 5.32 Å². The fourth-order valence-electron chi connectivity index (χ4n) is 2.50. The van der Waals surface area contributed by atoms with Crippen LogP contribution in [0.1, 0.15) is 35.4 Å². The third kappa shape index (κ3) is 3.72. The van der Waals surface area contributed by atoms with E-state index in [1.165, 1.54) is 37.0 Å². The van der Waals surface area contributed by atoms with Gasteiger partial charge in [-0.25, -0.2) is 0 Å². The molecule has 5 heteroatoms. The lowest BCUT2D eigenvalue weighted by Crippen LogP contribution is -2.34. The molecule has 1 amide bonds. The van der Waals surface area contributed by atoms with Gasteiger partial charge in [0.25, 0.3) is 5.91 Å². The van der Waals surface area contributed by atoms with Crippen LogP contribution in [0.15, 0.2) is 15.9 Å². The average molecular weight is 351 g/mol. The summed E-state index contributed by atoms with van der Waals surface area (Å²) in [6.07, 6.45) is 4.93. The van der Waals surface area contributed by atoms with Gasteiger partial charge in [0.2, 0.25) is 0 Å². The van der Waals surface area contributed by atoms with E-state index in [2.05, 4.69) is 21.2 Å². The van der Waals surface area contributed by atoms with E-state index in [4.69, 9.17) is 11.6 Å². The van der Waals surface area contributed by atoms with Gasteiger partial charge < -0.3 is 5.32 Å². The summed E-state index contributed by atoms with van der Waals surface area (Å²) in [4.78, 5) is 12.7. The SMILES string of the molecule is O=C(NCC1CCCCC1CCl)c1ccc(Br)s1. The van der Waals surface area contributed by atoms with Crippen LogP contribution in [0.3, 0.4) is 0 Å². The largest absolute Gasteiger partial charge is 0.351 e. The first kappa shape index (κ1) is 14.4. The number of nitrogens with one attached hydrogen (secondary N) is 1. The van der Waals surface area contributed by atoms with Crippen LogP contribution in [0.25, 0.3) is 0 Å². The molecule has 0 bridgehead atoms. The van der Waals surface area contributed by atoms with Gasteiger partial charge in [0.15, 0.2) is 0 Å². The van der Waals surface area contributed by atoms with Crippen molar-refractivity contribution in [3.8, 4) is 0 Å². The normalized spacial score (nSPS) is 23.9. The van der Waals surface area contributed by atoms with Crippen molar-refractivity contribution in [1.82, 2.24) is 5.32 Å². The molecular weight excluding hydrogens is 334 g/mol. The Morgan fingerprint density at radius 1 is 1.39 bits per heavy atom. The minimum atomic E-state index is 0.0320. The van der Waals surface area contributed by atoms with Gasteiger partial charge in [0.1, 0.15) is 0 Å². The third-order valence-corrected chi connectivity index (χ3v) is 5.61. The molecular formula is C13H17BrClNOS. The Balaban J connectivity index is 1.85. The molecule has 1 fully saturated rings. The van der Waals surface area contributed by atoms with E-state index >= 15 is 0 Å². The number of halogens is 2. The molecule has 2 unspecified atom stereocenters. The minimum absolute atomic E-state index is 0.0320. The van der Waals surface area contributed by atoms with Crippen LogP contribution in [0.4, 0.5) is 0 Å². The van der Waals surface area contributed by atoms with Crippen LogP contribution >= 0.6 is 38.9 Å². The average Bonchev–Trinajstić information content (AvgIpc) is 2.83. The summed E-state index contributed by atoms with van der Waals surface area (Å²) in [5.41, 5.74) is 0. The summed E-state index contributed by atoms with van der Waals surface area (Å²) < 4.78 is 0.990. The molecule has 100 valence electrons. The Kier molecular flexibility index (Phi) is 5.52. The molecule has 0 saturated heterocycles. The van der Waals surface area contributed by atoms with Gasteiger partial charge in [0, 0.05) is 12.4 Å². The molecule has 0 spiro atoms. The second-order valence-corrected chi connectivity index (χ2v) is 7.54. The maximum absolute atomic E-state index is 11.9. The highest BCUT2D eigenvalue weighted by atomic mass is 79.9. The zero-order valence-electron chi connectivity index (χ0n) is 10.1. The molecule has 1 heterocycles. The fourth-order valence-corrected chi connectivity index (χ4v) is 4.21. The monoisotopic (exact) mass is 349 g/mol. The lowest BCUT2D eigenvalue weighted by Gasteiger charge is -2.30. The number of alkyl halides is 1. The molecule has 2 rings (SSSR count). The van der Waals surface area contributed by atoms with E-state index in [0.29, 0.717) is 17.7 Å². The predicted octanol–water partition coefficient (Wildman–Crippen LogP) is 4.29. The van der Waals surface area contributed by atoms with Gasteiger partial charge in [-0.15, -0.1) is 22.9 Å². The second kappa shape index (κ2) is 6.92. The first-order valence-corrected chi connectivity index (χ1v) is 8.44. The zero-order chi connectivity index (χ0) is 13.0. The lowest BCUT2D eigenvalue weighted by atomic mass is 9.80. The highest BCUT2D eigenvalue weighted by Crippen LogP contribution is 2.30. The molecule has 1 aromatic rings. The molecule has 2 atom stereocenters. The molecule has 18 heavy (non-hydrogen) atoms. The van der Waals surface area contributed by atoms with Crippen molar-refractivity contribution in [2.45, 2.75) is 25.7 Å². The van der Waals surface area contributed by atoms with Gasteiger partial charge in [-0.3, -0.25) is 4.79 Å². The van der Waals surface area contributed by atoms with Gasteiger partial charge in [-0.05, 0) is 52.7 Å². The summed E-state index contributed by atoms with van der Waals surface area (Å²) in [5.74, 6) is 1.86. The van der Waals surface area contributed by atoms with Crippen LogP contribution in [0.2, 0.25) is 0 Å². The summed E-state index contributed by atoms with van der Waals surface area (Å²) >= 11 is 10.8. The molecule has 1 aliphatic rings. The fraction of sp³-hybridized carbons (Fsp3) is 0.615. The van der Waals surface area contributed by atoms with E-state index < -0.39 is 0 Å². The van der Waals surface area contributed by atoms with Crippen molar-refractivity contribution in [3.05, 3.63) is 20.8 Å². The Morgan fingerprint density at radius 3 is 2.72 bits per heavy atom. The Hall–Kier alpha value is -0.0600. The minimum Gasteiger partial charge on any atom is -0.351 e. The highest BCUT2D eigenvalue weighted by Gasteiger charge is 2.24. The number of carbonyl (C=O) groups excluding carboxylic acids is 1. The predicted molar refractivity (Wildman–Crippen MR) is 80.5 cm³/mol. The highest BCUT2D eigenvalue weighted by molar-refractivity contribution is 9.11. The zero-order valence-corrected chi connectivity index (χ0v) is 13.3. The molecule has 1 aliphatic carbocycles. The van der Waals surface area contributed by atoms with Crippen LogP contribution in [-0.2, 0) is 0 Å². The number of rotatable bonds is 4. The number of hydrogen-bond donors (Lipinski definition) is 1. The van der Waals surface area contributed by atoms with Crippen molar-refractivity contribution < 1.29 is 4.79 Å². The van der Waals surface area contributed by atoms with E-state index in [1.807, 2.05) is 12.1 Å². The molecule has 0 radical (unpaired) electrons. The molecule has 0 aromatic carbocycles. The summed E-state index contributed by atoms with van der Waals surface area (Å²) in [6, 6.07) is 3.76. The standard InChI is InChI=1S/C13H17BrClNOS/c14-12-6-5-11(18-12)13(17)16-8-10-4-2-1-3-9(10)7-15/h5-6,9-10H,1-4,7-8H2,(H,16,17). The molecule has 1 N–H and O–H groups in total. The Morgan fingerprint density at radius 2 is 2.11 bits per heavy atom. The van der Waals surface area contributed by atoms with Crippen LogP contribution in [0, 0.1) is 11.8 Å². The van der Waals surface area contributed by atoms with Crippen LogP contribution in [-0.4, -0.2) is 18.3 Å². The molecule has 0 aliphatic heterocycles.